The molecule has 4 heteroatoms. The van der Waals surface area contributed by atoms with E-state index in [2.05, 4.69) is 0 Å². The SMILES string of the molecule is Cc1cccc(COc2ccccc2C(=O)OCC(=O)c2ccc3c(c2)CCCC3)c1. The second kappa shape index (κ2) is 9.61. The summed E-state index contributed by atoms with van der Waals surface area (Å²) in [7, 11) is 0. The number of ketones is 1. The lowest BCUT2D eigenvalue weighted by Crippen LogP contribution is -2.16. The lowest BCUT2D eigenvalue weighted by Gasteiger charge is -2.16. The van der Waals surface area contributed by atoms with Crippen LogP contribution < -0.4 is 4.74 Å². The third kappa shape index (κ3) is 5.21. The fourth-order valence-corrected chi connectivity index (χ4v) is 3.92. The molecule has 0 spiro atoms. The molecule has 0 unspecified atom stereocenters. The van der Waals surface area contributed by atoms with Crippen LogP contribution in [0.3, 0.4) is 0 Å². The Hall–Kier alpha value is -3.40. The quantitative estimate of drug-likeness (QED) is 0.379. The van der Waals surface area contributed by atoms with Gasteiger partial charge < -0.3 is 9.47 Å². The zero-order chi connectivity index (χ0) is 21.6. The number of aryl methyl sites for hydroxylation is 3. The molecule has 3 aromatic carbocycles. The van der Waals surface area contributed by atoms with Crippen LogP contribution in [-0.4, -0.2) is 18.4 Å². The number of carbonyl (C=O) groups excluding carboxylic acids is 2. The minimum absolute atomic E-state index is 0.195. The van der Waals surface area contributed by atoms with Gasteiger partial charge in [-0.2, -0.15) is 0 Å². The third-order valence-corrected chi connectivity index (χ3v) is 5.59. The Bertz CT molecular complexity index is 1100. The van der Waals surface area contributed by atoms with Crippen molar-refractivity contribution in [1.82, 2.24) is 0 Å². The van der Waals surface area contributed by atoms with Crippen molar-refractivity contribution in [2.75, 3.05) is 6.61 Å². The number of carbonyl (C=O) groups is 2. The zero-order valence-electron chi connectivity index (χ0n) is 17.7. The van der Waals surface area contributed by atoms with Gasteiger partial charge in [-0.15, -0.1) is 0 Å². The Balaban J connectivity index is 1.39. The summed E-state index contributed by atoms with van der Waals surface area (Å²) in [6.07, 6.45) is 4.42. The van der Waals surface area contributed by atoms with E-state index in [0.29, 0.717) is 23.5 Å². The highest BCUT2D eigenvalue weighted by Crippen LogP contribution is 2.23. The van der Waals surface area contributed by atoms with E-state index in [1.165, 1.54) is 17.5 Å². The van der Waals surface area contributed by atoms with E-state index in [-0.39, 0.29) is 12.4 Å². The van der Waals surface area contributed by atoms with Crippen LogP contribution in [0.15, 0.2) is 66.7 Å². The molecule has 1 aliphatic carbocycles. The van der Waals surface area contributed by atoms with Crippen LogP contribution in [0, 0.1) is 6.92 Å². The van der Waals surface area contributed by atoms with Crippen molar-refractivity contribution in [1.29, 1.82) is 0 Å². The average molecular weight is 415 g/mol. The molecule has 0 aromatic heterocycles. The first-order valence-electron chi connectivity index (χ1n) is 10.7. The molecule has 0 radical (unpaired) electrons. The summed E-state index contributed by atoms with van der Waals surface area (Å²) >= 11 is 0. The standard InChI is InChI=1S/C27H26O4/c1-19-7-6-8-20(15-19)17-30-26-12-5-4-11-24(26)27(29)31-18-25(28)23-14-13-21-9-2-3-10-22(21)16-23/h4-8,11-16H,2-3,9-10,17-18H2,1H3. The second-order valence-corrected chi connectivity index (χ2v) is 7.96. The molecule has 4 nitrogen and oxygen atoms in total. The summed E-state index contributed by atoms with van der Waals surface area (Å²) in [6, 6.07) is 20.8. The Labute approximate surface area is 182 Å². The molecule has 3 aromatic rings. The monoisotopic (exact) mass is 414 g/mol. The lowest BCUT2D eigenvalue weighted by molar-refractivity contribution is 0.0470. The maximum Gasteiger partial charge on any atom is 0.342 e. The molecular formula is C27H26O4. The van der Waals surface area contributed by atoms with Crippen molar-refractivity contribution in [2.24, 2.45) is 0 Å². The zero-order valence-corrected chi connectivity index (χ0v) is 17.7. The minimum atomic E-state index is -0.564. The number of hydrogen-bond acceptors (Lipinski definition) is 4. The van der Waals surface area contributed by atoms with Crippen LogP contribution in [-0.2, 0) is 24.2 Å². The number of para-hydroxylation sites is 1. The first kappa shape index (κ1) is 20.9. The smallest absolute Gasteiger partial charge is 0.342 e. The summed E-state index contributed by atoms with van der Waals surface area (Å²) in [4.78, 5) is 25.2. The molecule has 0 saturated carbocycles. The van der Waals surface area contributed by atoms with Gasteiger partial charge in [0.25, 0.3) is 0 Å². The van der Waals surface area contributed by atoms with Crippen molar-refractivity contribution in [3.05, 3.63) is 100 Å². The molecule has 0 N–H and O–H groups in total. The number of Topliss-reactive ketones (excluding diaryl/α,β-unsaturated/α-hetero) is 1. The topological polar surface area (TPSA) is 52.6 Å². The number of ether oxygens (including phenoxy) is 2. The van der Waals surface area contributed by atoms with E-state index in [0.717, 1.165) is 30.4 Å². The van der Waals surface area contributed by atoms with Gasteiger partial charge in [0.15, 0.2) is 12.4 Å². The molecule has 0 fully saturated rings. The van der Waals surface area contributed by atoms with Crippen LogP contribution in [0.25, 0.3) is 0 Å². The Morgan fingerprint density at radius 3 is 2.52 bits per heavy atom. The van der Waals surface area contributed by atoms with E-state index in [1.54, 1.807) is 24.3 Å². The van der Waals surface area contributed by atoms with Gasteiger partial charge >= 0.3 is 5.97 Å². The van der Waals surface area contributed by atoms with Gasteiger partial charge in [-0.1, -0.05) is 54.1 Å². The van der Waals surface area contributed by atoms with Gasteiger partial charge in [-0.05, 0) is 67.5 Å². The maximum absolute atomic E-state index is 12.6. The predicted molar refractivity (Wildman–Crippen MR) is 120 cm³/mol. The molecule has 31 heavy (non-hydrogen) atoms. The Morgan fingerprint density at radius 2 is 1.68 bits per heavy atom. The fourth-order valence-electron chi connectivity index (χ4n) is 3.92. The predicted octanol–water partition coefficient (Wildman–Crippen LogP) is 5.49. The van der Waals surface area contributed by atoms with E-state index in [4.69, 9.17) is 9.47 Å². The molecule has 0 atom stereocenters. The summed E-state index contributed by atoms with van der Waals surface area (Å²) in [6.45, 7) is 2.08. The number of esters is 1. The number of hydrogen-bond donors (Lipinski definition) is 0. The molecular weight excluding hydrogens is 388 g/mol. The average Bonchev–Trinajstić information content (AvgIpc) is 2.81. The van der Waals surface area contributed by atoms with E-state index >= 15 is 0 Å². The minimum Gasteiger partial charge on any atom is -0.488 e. The largest absolute Gasteiger partial charge is 0.488 e. The van der Waals surface area contributed by atoms with Gasteiger partial charge in [0.2, 0.25) is 0 Å². The van der Waals surface area contributed by atoms with Gasteiger partial charge in [-0.25, -0.2) is 4.79 Å². The van der Waals surface area contributed by atoms with E-state index < -0.39 is 5.97 Å². The van der Waals surface area contributed by atoms with Gasteiger partial charge in [0.1, 0.15) is 17.9 Å². The van der Waals surface area contributed by atoms with E-state index in [1.807, 2.05) is 49.4 Å². The van der Waals surface area contributed by atoms with Crippen molar-refractivity contribution < 1.29 is 19.1 Å². The number of fused-ring (bicyclic) bond motifs is 1. The van der Waals surface area contributed by atoms with Crippen molar-refractivity contribution in [2.45, 2.75) is 39.2 Å². The van der Waals surface area contributed by atoms with Gasteiger partial charge in [-0.3, -0.25) is 4.79 Å². The summed E-state index contributed by atoms with van der Waals surface area (Å²) in [5.74, 6) is -0.318. The Kier molecular flexibility index (Phi) is 6.46. The molecule has 0 heterocycles. The van der Waals surface area contributed by atoms with Crippen LogP contribution in [0.4, 0.5) is 0 Å². The molecule has 1 aliphatic rings. The normalized spacial score (nSPS) is 12.7. The van der Waals surface area contributed by atoms with Crippen molar-refractivity contribution in [3.63, 3.8) is 0 Å². The molecule has 158 valence electrons. The van der Waals surface area contributed by atoms with Crippen LogP contribution in [0.2, 0.25) is 0 Å². The molecule has 0 saturated heterocycles. The summed E-state index contributed by atoms with van der Waals surface area (Å²) in [5, 5.41) is 0. The molecule has 0 amide bonds. The van der Waals surface area contributed by atoms with Crippen molar-refractivity contribution >= 4 is 11.8 Å². The second-order valence-electron chi connectivity index (χ2n) is 7.96. The first-order valence-corrected chi connectivity index (χ1v) is 10.7. The van der Waals surface area contributed by atoms with E-state index in [9.17, 15) is 9.59 Å². The molecule has 4 rings (SSSR count). The van der Waals surface area contributed by atoms with Crippen molar-refractivity contribution in [3.8, 4) is 5.75 Å². The number of rotatable bonds is 7. The molecule has 0 aliphatic heterocycles. The van der Waals surface area contributed by atoms with Crippen LogP contribution in [0.5, 0.6) is 5.75 Å². The van der Waals surface area contributed by atoms with Crippen LogP contribution in [0.1, 0.15) is 55.8 Å². The fraction of sp³-hybridized carbons (Fsp3) is 0.259. The highest BCUT2D eigenvalue weighted by atomic mass is 16.5. The summed E-state index contributed by atoms with van der Waals surface area (Å²) in [5.41, 5.74) is 5.63. The van der Waals surface area contributed by atoms with Crippen LogP contribution >= 0.6 is 0 Å². The highest BCUT2D eigenvalue weighted by Gasteiger charge is 2.17. The summed E-state index contributed by atoms with van der Waals surface area (Å²) < 4.78 is 11.2. The highest BCUT2D eigenvalue weighted by molar-refractivity contribution is 6.00. The van der Waals surface area contributed by atoms with Gasteiger partial charge in [0, 0.05) is 5.56 Å². The lowest BCUT2D eigenvalue weighted by atomic mass is 9.90. The maximum atomic E-state index is 12.6. The molecule has 0 bridgehead atoms. The first-order chi connectivity index (χ1) is 15.1. The number of benzene rings is 3. The third-order valence-electron chi connectivity index (χ3n) is 5.59. The van der Waals surface area contributed by atoms with Gasteiger partial charge in [0.05, 0.1) is 0 Å². The Morgan fingerprint density at radius 1 is 0.871 bits per heavy atom.